The zero-order valence-electron chi connectivity index (χ0n) is 19.0. The Labute approximate surface area is 208 Å². The van der Waals surface area contributed by atoms with E-state index in [-0.39, 0.29) is 18.3 Å². The maximum atomic E-state index is 13.3. The van der Waals surface area contributed by atoms with Crippen LogP contribution in [0.2, 0.25) is 5.02 Å². The summed E-state index contributed by atoms with van der Waals surface area (Å²) in [4.78, 5) is 25.3. The van der Waals surface area contributed by atoms with Crippen molar-refractivity contribution in [1.82, 2.24) is 5.32 Å². The molecule has 6 nitrogen and oxygen atoms in total. The topological polar surface area (TPSA) is 88.4 Å². The molecular weight excluding hydrogens is 472 g/mol. The predicted octanol–water partition coefficient (Wildman–Crippen LogP) is 5.47. The van der Waals surface area contributed by atoms with Gasteiger partial charge in [-0.25, -0.2) is 4.79 Å². The molecule has 1 atom stereocenters. The Balaban J connectivity index is 1.94. The van der Waals surface area contributed by atoms with Crippen LogP contribution >= 0.6 is 23.4 Å². The van der Waals surface area contributed by atoms with Crippen LogP contribution in [0.5, 0.6) is 0 Å². The summed E-state index contributed by atoms with van der Waals surface area (Å²) >= 11 is 7.66. The quantitative estimate of drug-likeness (QED) is 0.461. The Kier molecular flexibility index (Phi) is 9.20. The van der Waals surface area contributed by atoms with Gasteiger partial charge in [-0.15, -0.1) is 0 Å². The van der Waals surface area contributed by atoms with Gasteiger partial charge in [0.2, 0.25) is 0 Å². The fourth-order valence-corrected chi connectivity index (χ4v) is 4.64. The zero-order valence-corrected chi connectivity index (χ0v) is 20.5. The van der Waals surface area contributed by atoms with Crippen LogP contribution in [0.15, 0.2) is 76.5 Å². The van der Waals surface area contributed by atoms with E-state index in [1.54, 1.807) is 31.2 Å². The van der Waals surface area contributed by atoms with Gasteiger partial charge >= 0.3 is 11.9 Å². The van der Waals surface area contributed by atoms with Gasteiger partial charge < -0.3 is 14.8 Å². The molecule has 0 saturated carbocycles. The minimum atomic E-state index is -0.739. The Bertz CT molecular complexity index is 1150. The average Bonchev–Trinajstić information content (AvgIpc) is 2.85. The number of carbonyl (C=O) groups excluding carboxylic acids is 2. The number of esters is 2. The summed E-state index contributed by atoms with van der Waals surface area (Å²) in [5.74, 6) is -1.62. The Morgan fingerprint density at radius 3 is 2.50 bits per heavy atom. The molecule has 1 aliphatic rings. The molecule has 0 fully saturated rings. The number of ether oxygens (including phenoxy) is 2. The molecule has 0 aromatic heterocycles. The van der Waals surface area contributed by atoms with Crippen molar-refractivity contribution in [2.75, 3.05) is 12.4 Å². The third-order valence-electron chi connectivity index (χ3n) is 5.10. The number of nitriles is 1. The third kappa shape index (κ3) is 6.22. The Morgan fingerprint density at radius 2 is 1.82 bits per heavy atom. The Hall–Kier alpha value is -3.21. The molecule has 0 saturated heterocycles. The highest BCUT2D eigenvalue weighted by Crippen LogP contribution is 2.43. The van der Waals surface area contributed by atoms with E-state index in [4.69, 9.17) is 21.1 Å². The van der Waals surface area contributed by atoms with Crippen molar-refractivity contribution in [1.29, 1.82) is 5.26 Å². The molecule has 8 heteroatoms. The molecule has 2 aromatic rings. The number of dihydropyridines is 1. The molecule has 1 N–H and O–H groups in total. The lowest BCUT2D eigenvalue weighted by Crippen LogP contribution is -2.29. The summed E-state index contributed by atoms with van der Waals surface area (Å²) in [5.41, 5.74) is 2.59. The number of hydrogen-bond donors (Lipinski definition) is 1. The smallest absolute Gasteiger partial charge is 0.337 e. The SMILES string of the molecule is CCCOC(=O)CSC1=C(C#N)C(c2ccccc2Cl)C(C(=O)OCc2ccccc2)=C(C)N1. The molecule has 0 radical (unpaired) electrons. The van der Waals surface area contributed by atoms with Crippen molar-refractivity contribution in [3.8, 4) is 6.07 Å². The van der Waals surface area contributed by atoms with Crippen LogP contribution in [0.4, 0.5) is 0 Å². The highest BCUT2D eigenvalue weighted by molar-refractivity contribution is 8.03. The summed E-state index contributed by atoms with van der Waals surface area (Å²) in [5, 5.41) is 14.1. The number of carbonyl (C=O) groups is 2. The van der Waals surface area contributed by atoms with Gasteiger partial charge in [-0.05, 0) is 30.5 Å². The first kappa shape index (κ1) is 25.4. The molecule has 34 heavy (non-hydrogen) atoms. The van der Waals surface area contributed by atoms with Crippen LogP contribution < -0.4 is 5.32 Å². The fourth-order valence-electron chi connectivity index (χ4n) is 3.51. The predicted molar refractivity (Wildman–Crippen MR) is 133 cm³/mol. The summed E-state index contributed by atoms with van der Waals surface area (Å²) in [6.07, 6.45) is 0.728. The second-order valence-corrected chi connectivity index (χ2v) is 8.94. The van der Waals surface area contributed by atoms with E-state index in [1.165, 1.54) is 0 Å². The zero-order chi connectivity index (χ0) is 24.5. The lowest BCUT2D eigenvalue weighted by Gasteiger charge is -2.29. The third-order valence-corrected chi connectivity index (χ3v) is 6.43. The van der Waals surface area contributed by atoms with Crippen LogP contribution in [0.25, 0.3) is 0 Å². The monoisotopic (exact) mass is 496 g/mol. The van der Waals surface area contributed by atoms with Gasteiger partial charge in [0, 0.05) is 10.7 Å². The first-order valence-electron chi connectivity index (χ1n) is 10.8. The van der Waals surface area contributed by atoms with Gasteiger partial charge in [-0.2, -0.15) is 5.26 Å². The van der Waals surface area contributed by atoms with Crippen LogP contribution in [-0.2, 0) is 25.7 Å². The average molecular weight is 497 g/mol. The number of thioether (sulfide) groups is 1. The minimum absolute atomic E-state index is 0.0316. The van der Waals surface area contributed by atoms with Crippen molar-refractivity contribution in [2.45, 2.75) is 32.8 Å². The number of benzene rings is 2. The summed E-state index contributed by atoms with van der Waals surface area (Å²) in [6.45, 7) is 4.10. The molecule has 0 amide bonds. The number of nitrogens with one attached hydrogen (secondary N) is 1. The Morgan fingerprint density at radius 1 is 1.12 bits per heavy atom. The van der Waals surface area contributed by atoms with Crippen molar-refractivity contribution >= 4 is 35.3 Å². The van der Waals surface area contributed by atoms with Gasteiger partial charge in [0.15, 0.2) is 0 Å². The maximum absolute atomic E-state index is 13.3. The molecule has 1 heterocycles. The standard InChI is InChI=1S/C26H25ClN2O4S/c1-3-13-32-22(30)16-34-25-20(14-28)24(19-11-7-8-12-21(19)27)23(17(2)29-25)26(31)33-15-18-9-5-4-6-10-18/h4-12,24,29H,3,13,15-16H2,1-2H3. The molecule has 3 rings (SSSR count). The van der Waals surface area contributed by atoms with E-state index in [1.807, 2.05) is 37.3 Å². The van der Waals surface area contributed by atoms with Crippen molar-refractivity contribution < 1.29 is 19.1 Å². The van der Waals surface area contributed by atoms with Crippen molar-refractivity contribution in [2.24, 2.45) is 0 Å². The highest BCUT2D eigenvalue weighted by Gasteiger charge is 2.36. The largest absolute Gasteiger partial charge is 0.465 e. The van der Waals surface area contributed by atoms with E-state index in [9.17, 15) is 14.9 Å². The van der Waals surface area contributed by atoms with Crippen LogP contribution in [0.3, 0.4) is 0 Å². The minimum Gasteiger partial charge on any atom is -0.465 e. The van der Waals surface area contributed by atoms with Gasteiger partial charge in [-0.3, -0.25) is 4.79 Å². The number of hydrogen-bond acceptors (Lipinski definition) is 7. The van der Waals surface area contributed by atoms with E-state index in [0.29, 0.717) is 39.1 Å². The lowest BCUT2D eigenvalue weighted by molar-refractivity contribution is -0.141. The van der Waals surface area contributed by atoms with Gasteiger partial charge in [-0.1, -0.05) is 78.8 Å². The van der Waals surface area contributed by atoms with Crippen LogP contribution in [-0.4, -0.2) is 24.3 Å². The molecule has 1 aliphatic heterocycles. The van der Waals surface area contributed by atoms with Gasteiger partial charge in [0.05, 0.1) is 40.5 Å². The second kappa shape index (κ2) is 12.3. The molecular formula is C26H25ClN2O4S. The number of halogens is 1. The summed E-state index contributed by atoms with van der Waals surface area (Å²) < 4.78 is 10.7. The number of allylic oxidation sites excluding steroid dienone is 2. The maximum Gasteiger partial charge on any atom is 0.337 e. The molecule has 0 bridgehead atoms. The number of rotatable bonds is 9. The second-order valence-electron chi connectivity index (χ2n) is 7.54. The number of nitrogens with zero attached hydrogens (tertiary/aromatic N) is 1. The van der Waals surface area contributed by atoms with Gasteiger partial charge in [0.25, 0.3) is 0 Å². The van der Waals surface area contributed by atoms with E-state index in [2.05, 4.69) is 11.4 Å². The van der Waals surface area contributed by atoms with E-state index in [0.717, 1.165) is 23.7 Å². The molecule has 1 unspecified atom stereocenters. The first-order valence-corrected chi connectivity index (χ1v) is 12.2. The lowest BCUT2D eigenvalue weighted by atomic mass is 9.82. The molecule has 2 aromatic carbocycles. The molecule has 176 valence electrons. The van der Waals surface area contributed by atoms with Crippen LogP contribution in [0, 0.1) is 11.3 Å². The molecule has 0 aliphatic carbocycles. The van der Waals surface area contributed by atoms with E-state index >= 15 is 0 Å². The van der Waals surface area contributed by atoms with E-state index < -0.39 is 11.9 Å². The normalized spacial score (nSPS) is 15.4. The van der Waals surface area contributed by atoms with Crippen molar-refractivity contribution in [3.63, 3.8) is 0 Å². The fraction of sp³-hybridized carbons (Fsp3) is 0.269. The van der Waals surface area contributed by atoms with Gasteiger partial charge in [0.1, 0.15) is 6.61 Å². The highest BCUT2D eigenvalue weighted by atomic mass is 35.5. The first-order chi connectivity index (χ1) is 16.5. The summed E-state index contributed by atoms with van der Waals surface area (Å²) in [7, 11) is 0. The van der Waals surface area contributed by atoms with Crippen molar-refractivity contribution in [3.05, 3.63) is 92.6 Å². The summed E-state index contributed by atoms with van der Waals surface area (Å²) in [6, 6.07) is 18.7. The molecule has 0 spiro atoms. The van der Waals surface area contributed by atoms with Crippen LogP contribution in [0.1, 0.15) is 37.3 Å².